The lowest BCUT2D eigenvalue weighted by atomic mass is 10.1. The monoisotopic (exact) mass is 321 g/mol. The van der Waals surface area contributed by atoms with E-state index in [0.29, 0.717) is 11.1 Å². The number of hydrogen-bond acceptors (Lipinski definition) is 3. The third-order valence-corrected chi connectivity index (χ3v) is 5.42. The van der Waals surface area contributed by atoms with Crippen molar-refractivity contribution in [3.8, 4) is 16.2 Å². The molecule has 0 radical (unpaired) electrons. The lowest BCUT2D eigenvalue weighted by Gasteiger charge is -2.15. The van der Waals surface area contributed by atoms with E-state index in [4.69, 9.17) is 16.3 Å². The quantitative estimate of drug-likeness (QED) is 0.795. The second-order valence-electron chi connectivity index (χ2n) is 5.42. The van der Waals surface area contributed by atoms with Gasteiger partial charge in [0.05, 0.1) is 12.1 Å². The van der Waals surface area contributed by atoms with Crippen molar-refractivity contribution in [1.29, 1.82) is 0 Å². The van der Waals surface area contributed by atoms with Crippen molar-refractivity contribution in [3.63, 3.8) is 0 Å². The van der Waals surface area contributed by atoms with Crippen LogP contribution in [0.5, 0.6) is 5.75 Å². The Morgan fingerprint density at radius 3 is 2.81 bits per heavy atom. The zero-order valence-electron chi connectivity index (χ0n) is 12.4. The maximum Gasteiger partial charge on any atom is 0.138 e. The SMILES string of the molecule is CCNC(c1ccc(-c2ccc(Cl)c(OC)c2)s1)C1CC1. The van der Waals surface area contributed by atoms with Crippen LogP contribution in [-0.2, 0) is 0 Å². The van der Waals surface area contributed by atoms with Gasteiger partial charge in [-0.25, -0.2) is 0 Å². The normalized spacial score (nSPS) is 16.0. The zero-order chi connectivity index (χ0) is 14.8. The molecule has 3 rings (SSSR count). The van der Waals surface area contributed by atoms with E-state index >= 15 is 0 Å². The maximum absolute atomic E-state index is 6.10. The molecular weight excluding hydrogens is 302 g/mol. The van der Waals surface area contributed by atoms with E-state index < -0.39 is 0 Å². The number of ether oxygens (including phenoxy) is 1. The number of halogens is 1. The van der Waals surface area contributed by atoms with Crippen LogP contribution in [0.1, 0.15) is 30.7 Å². The van der Waals surface area contributed by atoms with Crippen LogP contribution in [0.3, 0.4) is 0 Å². The molecule has 1 N–H and O–H groups in total. The van der Waals surface area contributed by atoms with Crippen molar-refractivity contribution in [3.05, 3.63) is 40.2 Å². The Balaban J connectivity index is 1.87. The Bertz CT molecular complexity index is 621. The molecule has 1 aromatic heterocycles. The molecule has 1 unspecified atom stereocenters. The number of rotatable bonds is 6. The molecule has 1 aliphatic rings. The fourth-order valence-electron chi connectivity index (χ4n) is 2.64. The van der Waals surface area contributed by atoms with Crippen molar-refractivity contribution >= 4 is 22.9 Å². The van der Waals surface area contributed by atoms with Crippen molar-refractivity contribution < 1.29 is 4.74 Å². The smallest absolute Gasteiger partial charge is 0.138 e. The second-order valence-corrected chi connectivity index (χ2v) is 6.95. The van der Waals surface area contributed by atoms with E-state index in [1.54, 1.807) is 7.11 Å². The maximum atomic E-state index is 6.10. The van der Waals surface area contributed by atoms with Gasteiger partial charge in [0, 0.05) is 15.8 Å². The molecular formula is C17H20ClNOS. The van der Waals surface area contributed by atoms with E-state index in [9.17, 15) is 0 Å². The fraction of sp³-hybridized carbons (Fsp3) is 0.412. The van der Waals surface area contributed by atoms with Crippen LogP contribution < -0.4 is 10.1 Å². The Hall–Kier alpha value is -1.03. The summed E-state index contributed by atoms with van der Waals surface area (Å²) >= 11 is 7.97. The molecule has 1 heterocycles. The van der Waals surface area contributed by atoms with E-state index in [-0.39, 0.29) is 0 Å². The second kappa shape index (κ2) is 6.39. The van der Waals surface area contributed by atoms with Gasteiger partial charge >= 0.3 is 0 Å². The summed E-state index contributed by atoms with van der Waals surface area (Å²) in [5.74, 6) is 1.55. The minimum atomic E-state index is 0.517. The van der Waals surface area contributed by atoms with Crippen molar-refractivity contribution in [1.82, 2.24) is 5.32 Å². The highest BCUT2D eigenvalue weighted by Gasteiger charge is 2.32. The Morgan fingerprint density at radius 1 is 1.33 bits per heavy atom. The molecule has 0 bridgehead atoms. The van der Waals surface area contributed by atoms with Gasteiger partial charge in [-0.05, 0) is 55.1 Å². The lowest BCUT2D eigenvalue weighted by Crippen LogP contribution is -2.21. The predicted molar refractivity (Wildman–Crippen MR) is 90.5 cm³/mol. The van der Waals surface area contributed by atoms with Crippen LogP contribution in [0.2, 0.25) is 5.02 Å². The van der Waals surface area contributed by atoms with Crippen LogP contribution in [0.25, 0.3) is 10.4 Å². The van der Waals surface area contributed by atoms with Crippen molar-refractivity contribution in [2.75, 3.05) is 13.7 Å². The summed E-state index contributed by atoms with van der Waals surface area (Å²) in [5, 5.41) is 4.28. The van der Waals surface area contributed by atoms with Gasteiger partial charge < -0.3 is 10.1 Å². The molecule has 112 valence electrons. The first-order valence-electron chi connectivity index (χ1n) is 7.40. The van der Waals surface area contributed by atoms with Gasteiger partial charge in [-0.15, -0.1) is 11.3 Å². The predicted octanol–water partition coefficient (Wildman–Crippen LogP) is 5.14. The average Bonchev–Trinajstić information content (AvgIpc) is 3.22. The molecule has 1 atom stereocenters. The Labute approximate surface area is 135 Å². The van der Waals surface area contributed by atoms with Gasteiger partial charge in [0.2, 0.25) is 0 Å². The first-order chi connectivity index (χ1) is 10.2. The fourth-order valence-corrected chi connectivity index (χ4v) is 4.01. The first kappa shape index (κ1) is 14.9. The van der Waals surface area contributed by atoms with E-state index in [0.717, 1.165) is 18.2 Å². The van der Waals surface area contributed by atoms with Gasteiger partial charge in [0.25, 0.3) is 0 Å². The van der Waals surface area contributed by atoms with Crippen molar-refractivity contribution in [2.45, 2.75) is 25.8 Å². The molecule has 2 nitrogen and oxygen atoms in total. The van der Waals surface area contributed by atoms with E-state index in [1.807, 2.05) is 23.5 Å². The molecule has 2 aromatic rings. The van der Waals surface area contributed by atoms with Crippen molar-refractivity contribution in [2.24, 2.45) is 5.92 Å². The van der Waals surface area contributed by atoms with E-state index in [2.05, 4.69) is 30.4 Å². The standard InChI is InChI=1S/C17H20ClNOS/c1-3-19-17(11-4-5-11)16-9-8-15(21-16)12-6-7-13(18)14(10-12)20-2/h6-11,17,19H,3-5H2,1-2H3. The Kier molecular flexibility index (Phi) is 4.53. The van der Waals surface area contributed by atoms with Crippen LogP contribution in [0, 0.1) is 5.92 Å². The number of thiophene rings is 1. The van der Waals surface area contributed by atoms with Crippen LogP contribution >= 0.6 is 22.9 Å². The minimum absolute atomic E-state index is 0.517. The highest BCUT2D eigenvalue weighted by atomic mass is 35.5. The van der Waals surface area contributed by atoms with Crippen LogP contribution in [-0.4, -0.2) is 13.7 Å². The average molecular weight is 322 g/mol. The van der Waals surface area contributed by atoms with Gasteiger partial charge in [-0.2, -0.15) is 0 Å². The van der Waals surface area contributed by atoms with Crippen LogP contribution in [0.15, 0.2) is 30.3 Å². The molecule has 1 saturated carbocycles. The Morgan fingerprint density at radius 2 is 2.14 bits per heavy atom. The summed E-state index contributed by atoms with van der Waals surface area (Å²) in [6.45, 7) is 3.19. The lowest BCUT2D eigenvalue weighted by molar-refractivity contribution is 0.415. The number of benzene rings is 1. The molecule has 21 heavy (non-hydrogen) atoms. The van der Waals surface area contributed by atoms with E-state index in [1.165, 1.54) is 28.2 Å². The van der Waals surface area contributed by atoms with Crippen LogP contribution in [0.4, 0.5) is 0 Å². The third-order valence-electron chi connectivity index (χ3n) is 3.89. The summed E-state index contributed by atoms with van der Waals surface area (Å²) in [5.41, 5.74) is 1.17. The van der Waals surface area contributed by atoms with Gasteiger partial charge in [-0.3, -0.25) is 0 Å². The molecule has 0 saturated heterocycles. The summed E-state index contributed by atoms with van der Waals surface area (Å²) in [7, 11) is 1.65. The highest BCUT2D eigenvalue weighted by Crippen LogP contribution is 2.44. The first-order valence-corrected chi connectivity index (χ1v) is 8.59. The zero-order valence-corrected chi connectivity index (χ0v) is 13.9. The van der Waals surface area contributed by atoms with Gasteiger partial charge in [-0.1, -0.05) is 24.6 Å². The van der Waals surface area contributed by atoms with Gasteiger partial charge in [0.1, 0.15) is 5.75 Å². The summed E-state index contributed by atoms with van der Waals surface area (Å²) < 4.78 is 5.31. The molecule has 4 heteroatoms. The summed E-state index contributed by atoms with van der Waals surface area (Å²) in [6, 6.07) is 10.9. The molecule has 1 aliphatic carbocycles. The summed E-state index contributed by atoms with van der Waals surface area (Å²) in [4.78, 5) is 2.70. The van der Waals surface area contributed by atoms with Gasteiger partial charge in [0.15, 0.2) is 0 Å². The largest absolute Gasteiger partial charge is 0.495 e. The third kappa shape index (κ3) is 3.25. The molecule has 0 aliphatic heterocycles. The molecule has 0 amide bonds. The minimum Gasteiger partial charge on any atom is -0.495 e. The number of methoxy groups -OCH3 is 1. The summed E-state index contributed by atoms with van der Waals surface area (Å²) in [6.07, 6.45) is 2.69. The number of nitrogens with one attached hydrogen (secondary N) is 1. The topological polar surface area (TPSA) is 21.3 Å². The highest BCUT2D eigenvalue weighted by molar-refractivity contribution is 7.15. The molecule has 1 fully saturated rings. The molecule has 0 spiro atoms. The molecule has 1 aromatic carbocycles. The number of hydrogen-bond donors (Lipinski definition) is 1.